The molecule has 0 bridgehead atoms. The Balaban J connectivity index is 0.00000261. The summed E-state index contributed by atoms with van der Waals surface area (Å²) < 4.78 is 10.7. The topological polar surface area (TPSA) is 86.5 Å². The number of thiazole rings is 1. The van der Waals surface area contributed by atoms with Crippen molar-refractivity contribution in [3.05, 3.63) is 23.6 Å². The van der Waals surface area contributed by atoms with E-state index in [4.69, 9.17) is 15.2 Å². The van der Waals surface area contributed by atoms with Crippen molar-refractivity contribution in [1.29, 1.82) is 0 Å². The van der Waals surface area contributed by atoms with Gasteiger partial charge in [-0.2, -0.15) is 0 Å². The molecule has 2 unspecified atom stereocenters. The first kappa shape index (κ1) is 21.5. The molecule has 2 aromatic rings. The number of amides is 1. The zero-order valence-electron chi connectivity index (χ0n) is 15.8. The lowest BCUT2D eigenvalue weighted by Crippen LogP contribution is -2.51. The Labute approximate surface area is 169 Å². The van der Waals surface area contributed by atoms with Crippen molar-refractivity contribution >= 4 is 34.8 Å². The van der Waals surface area contributed by atoms with Crippen LogP contribution in [0.2, 0.25) is 0 Å². The summed E-state index contributed by atoms with van der Waals surface area (Å²) in [6.07, 6.45) is 3.80. The molecule has 1 aliphatic rings. The van der Waals surface area contributed by atoms with Gasteiger partial charge in [-0.05, 0) is 38.0 Å². The van der Waals surface area contributed by atoms with Crippen molar-refractivity contribution in [2.75, 3.05) is 19.5 Å². The number of hydrogen-bond donors (Lipinski definition) is 2. The quantitative estimate of drug-likeness (QED) is 0.773. The van der Waals surface area contributed by atoms with Gasteiger partial charge in [0.2, 0.25) is 5.91 Å². The van der Waals surface area contributed by atoms with Crippen molar-refractivity contribution in [3.8, 4) is 22.8 Å². The van der Waals surface area contributed by atoms with Gasteiger partial charge in [0.25, 0.3) is 0 Å². The monoisotopic (exact) mass is 411 g/mol. The molecule has 1 saturated carbocycles. The molecule has 3 rings (SSSR count). The number of methoxy groups -OCH3 is 2. The van der Waals surface area contributed by atoms with Crippen LogP contribution in [0.3, 0.4) is 0 Å². The SMILES string of the molecule is COc1ccc(OC)c(-c2csc(NC(=O)C3CCCCC3(C)N)n2)c1.Cl. The van der Waals surface area contributed by atoms with E-state index < -0.39 is 5.54 Å². The van der Waals surface area contributed by atoms with Crippen LogP contribution < -0.4 is 20.5 Å². The zero-order chi connectivity index (χ0) is 18.7. The van der Waals surface area contributed by atoms with E-state index >= 15 is 0 Å². The van der Waals surface area contributed by atoms with Crippen LogP contribution in [0, 0.1) is 5.92 Å². The minimum atomic E-state index is -0.460. The number of nitrogens with one attached hydrogen (secondary N) is 1. The average Bonchev–Trinajstić information content (AvgIpc) is 3.08. The van der Waals surface area contributed by atoms with Gasteiger partial charge >= 0.3 is 0 Å². The second kappa shape index (κ2) is 8.91. The fourth-order valence-corrected chi connectivity index (χ4v) is 4.16. The van der Waals surface area contributed by atoms with E-state index in [1.54, 1.807) is 14.2 Å². The highest BCUT2D eigenvalue weighted by atomic mass is 35.5. The van der Waals surface area contributed by atoms with Gasteiger partial charge in [-0.25, -0.2) is 4.98 Å². The highest BCUT2D eigenvalue weighted by molar-refractivity contribution is 7.14. The number of rotatable bonds is 5. The van der Waals surface area contributed by atoms with Crippen molar-refractivity contribution < 1.29 is 14.3 Å². The summed E-state index contributed by atoms with van der Waals surface area (Å²) >= 11 is 1.39. The largest absolute Gasteiger partial charge is 0.497 e. The fourth-order valence-electron chi connectivity index (χ4n) is 3.45. The molecule has 8 heteroatoms. The molecule has 1 aromatic carbocycles. The number of ether oxygens (including phenoxy) is 2. The summed E-state index contributed by atoms with van der Waals surface area (Å²) in [5.74, 6) is 1.19. The maximum atomic E-state index is 12.7. The van der Waals surface area contributed by atoms with Crippen LogP contribution in [0.1, 0.15) is 32.6 Å². The third kappa shape index (κ3) is 4.72. The smallest absolute Gasteiger partial charge is 0.231 e. The average molecular weight is 412 g/mol. The van der Waals surface area contributed by atoms with Crippen LogP contribution in [-0.2, 0) is 4.79 Å². The van der Waals surface area contributed by atoms with Crippen molar-refractivity contribution in [2.45, 2.75) is 38.1 Å². The Kier molecular flexibility index (Phi) is 7.08. The van der Waals surface area contributed by atoms with Gasteiger partial charge in [0, 0.05) is 16.5 Å². The standard InChI is InChI=1S/C19H25N3O3S.ClH/c1-19(20)9-5-4-6-14(19)17(23)22-18-21-15(11-26-18)13-10-12(24-2)7-8-16(13)25-3;/h7-8,10-11,14H,4-6,9,20H2,1-3H3,(H,21,22,23);1H. The van der Waals surface area contributed by atoms with E-state index in [0.717, 1.165) is 42.7 Å². The molecule has 148 valence electrons. The summed E-state index contributed by atoms with van der Waals surface area (Å²) in [4.78, 5) is 17.2. The molecule has 1 heterocycles. The molecule has 1 aromatic heterocycles. The first-order chi connectivity index (χ1) is 12.4. The second-order valence-electron chi connectivity index (χ2n) is 6.90. The van der Waals surface area contributed by atoms with Crippen LogP contribution in [0.15, 0.2) is 23.6 Å². The van der Waals surface area contributed by atoms with E-state index in [1.807, 2.05) is 30.5 Å². The van der Waals surface area contributed by atoms with Crippen molar-refractivity contribution in [3.63, 3.8) is 0 Å². The molecule has 1 aliphatic carbocycles. The number of halogens is 1. The molecule has 0 radical (unpaired) electrons. The van der Waals surface area contributed by atoms with Crippen LogP contribution in [-0.4, -0.2) is 30.6 Å². The second-order valence-corrected chi connectivity index (χ2v) is 7.76. The molecule has 1 fully saturated rings. The predicted octanol–water partition coefficient (Wildman–Crippen LogP) is 4.10. The number of aromatic nitrogens is 1. The summed E-state index contributed by atoms with van der Waals surface area (Å²) in [5.41, 5.74) is 7.43. The summed E-state index contributed by atoms with van der Waals surface area (Å²) in [6.45, 7) is 1.96. The number of benzene rings is 1. The summed E-state index contributed by atoms with van der Waals surface area (Å²) in [7, 11) is 3.23. The van der Waals surface area contributed by atoms with Gasteiger partial charge in [0.1, 0.15) is 11.5 Å². The molecule has 2 atom stereocenters. The highest BCUT2D eigenvalue weighted by Crippen LogP contribution is 2.36. The molecule has 3 N–H and O–H groups in total. The lowest BCUT2D eigenvalue weighted by Gasteiger charge is -2.36. The highest BCUT2D eigenvalue weighted by Gasteiger charge is 2.38. The van der Waals surface area contributed by atoms with Crippen LogP contribution in [0.4, 0.5) is 5.13 Å². The predicted molar refractivity (Wildman–Crippen MR) is 111 cm³/mol. The van der Waals surface area contributed by atoms with Crippen LogP contribution >= 0.6 is 23.7 Å². The van der Waals surface area contributed by atoms with Gasteiger partial charge < -0.3 is 20.5 Å². The Morgan fingerprint density at radius 2 is 2.11 bits per heavy atom. The lowest BCUT2D eigenvalue weighted by molar-refractivity contribution is -0.122. The molecule has 6 nitrogen and oxygen atoms in total. The number of hydrogen-bond acceptors (Lipinski definition) is 6. The molecular weight excluding hydrogens is 386 g/mol. The summed E-state index contributed by atoms with van der Waals surface area (Å²) in [6, 6.07) is 5.55. The van der Waals surface area contributed by atoms with Gasteiger partial charge in [-0.15, -0.1) is 23.7 Å². The van der Waals surface area contributed by atoms with Gasteiger partial charge in [0.05, 0.1) is 25.8 Å². The minimum Gasteiger partial charge on any atom is -0.497 e. The maximum Gasteiger partial charge on any atom is 0.231 e. The van der Waals surface area contributed by atoms with Crippen molar-refractivity contribution in [2.24, 2.45) is 11.7 Å². The number of nitrogens with two attached hydrogens (primary N) is 1. The normalized spacial score (nSPS) is 21.9. The van der Waals surface area contributed by atoms with Gasteiger partial charge in [-0.1, -0.05) is 12.8 Å². The van der Waals surface area contributed by atoms with Crippen molar-refractivity contribution in [1.82, 2.24) is 4.98 Å². The minimum absolute atomic E-state index is 0. The molecule has 1 amide bonds. The Hall–Kier alpha value is -1.83. The van der Waals surface area contributed by atoms with Gasteiger partial charge in [0.15, 0.2) is 5.13 Å². The van der Waals surface area contributed by atoms with Gasteiger partial charge in [-0.3, -0.25) is 4.79 Å². The molecule has 27 heavy (non-hydrogen) atoms. The van der Waals surface area contributed by atoms with E-state index in [1.165, 1.54) is 11.3 Å². The van der Waals surface area contributed by atoms with E-state index in [0.29, 0.717) is 10.9 Å². The summed E-state index contributed by atoms with van der Waals surface area (Å²) in [5, 5.41) is 5.40. The molecule has 0 aliphatic heterocycles. The maximum absolute atomic E-state index is 12.7. The lowest BCUT2D eigenvalue weighted by atomic mass is 9.74. The molecule has 0 spiro atoms. The Bertz CT molecular complexity index is 794. The Morgan fingerprint density at radius 3 is 2.78 bits per heavy atom. The van der Waals surface area contributed by atoms with E-state index in [-0.39, 0.29) is 24.2 Å². The van der Waals surface area contributed by atoms with Crippen LogP contribution in [0.5, 0.6) is 11.5 Å². The third-order valence-corrected chi connectivity index (χ3v) is 5.75. The van der Waals surface area contributed by atoms with E-state index in [2.05, 4.69) is 10.3 Å². The first-order valence-electron chi connectivity index (χ1n) is 8.72. The molecule has 0 saturated heterocycles. The zero-order valence-corrected chi connectivity index (χ0v) is 17.4. The number of anilines is 1. The first-order valence-corrected chi connectivity index (χ1v) is 9.60. The Morgan fingerprint density at radius 1 is 1.33 bits per heavy atom. The fraction of sp³-hybridized carbons (Fsp3) is 0.474. The van der Waals surface area contributed by atoms with E-state index in [9.17, 15) is 4.79 Å². The van der Waals surface area contributed by atoms with Crippen LogP contribution in [0.25, 0.3) is 11.3 Å². The number of nitrogens with zero attached hydrogens (tertiary/aromatic N) is 1. The molecular formula is C19H26ClN3O3S. The number of carbonyl (C=O) groups excluding carboxylic acids is 1. The number of carbonyl (C=O) groups is 1. The third-order valence-electron chi connectivity index (χ3n) is 4.99.